The number of hydrogen-bond donors (Lipinski definition) is 1. The first-order chi connectivity index (χ1) is 8.92. The monoisotopic (exact) mass is 240 g/mol. The number of nitrogens with one attached hydrogen (secondary N) is 1. The number of fused-ring (bicyclic) bond motifs is 1. The van der Waals surface area contributed by atoms with Crippen molar-refractivity contribution in [3.05, 3.63) is 35.9 Å². The van der Waals surface area contributed by atoms with Crippen molar-refractivity contribution in [2.45, 2.75) is 18.9 Å². The molecule has 18 heavy (non-hydrogen) atoms. The molecule has 2 aliphatic heterocycles. The normalized spacial score (nSPS) is 27.3. The smallest absolute Gasteiger partial charge is 0.0606 e. The van der Waals surface area contributed by atoms with Gasteiger partial charge in [-0.15, -0.1) is 0 Å². The third-order valence-electron chi connectivity index (χ3n) is 3.98. The molecule has 1 N–H and O–H groups in total. The van der Waals surface area contributed by atoms with Gasteiger partial charge in [-0.2, -0.15) is 0 Å². The highest BCUT2D eigenvalue weighted by atomic mass is 15.2. The molecule has 94 valence electrons. The van der Waals surface area contributed by atoms with Crippen molar-refractivity contribution in [3.63, 3.8) is 0 Å². The summed E-state index contributed by atoms with van der Waals surface area (Å²) in [7, 11) is 0. The first-order valence-electron chi connectivity index (χ1n) is 6.91. The molecule has 1 aromatic carbocycles. The summed E-state index contributed by atoms with van der Waals surface area (Å²) in [6.45, 7) is 4.50. The third-order valence-corrected chi connectivity index (χ3v) is 3.98. The van der Waals surface area contributed by atoms with E-state index in [1.54, 1.807) is 0 Å². The predicted molar refractivity (Wildman–Crippen MR) is 74.3 cm³/mol. The molecule has 2 heteroatoms. The van der Waals surface area contributed by atoms with Gasteiger partial charge in [0.25, 0.3) is 0 Å². The van der Waals surface area contributed by atoms with E-state index in [9.17, 15) is 0 Å². The highest BCUT2D eigenvalue weighted by Gasteiger charge is 2.33. The number of piperidine rings is 1. The maximum Gasteiger partial charge on any atom is 0.0606 e. The van der Waals surface area contributed by atoms with Gasteiger partial charge >= 0.3 is 0 Å². The van der Waals surface area contributed by atoms with E-state index in [2.05, 4.69) is 34.2 Å². The van der Waals surface area contributed by atoms with Crippen molar-refractivity contribution in [1.82, 2.24) is 10.2 Å². The van der Waals surface area contributed by atoms with Gasteiger partial charge in [-0.05, 0) is 37.4 Å². The van der Waals surface area contributed by atoms with Crippen LogP contribution in [0.15, 0.2) is 30.3 Å². The van der Waals surface area contributed by atoms with E-state index in [0.717, 1.165) is 24.1 Å². The zero-order valence-corrected chi connectivity index (χ0v) is 10.7. The Bertz CT molecular complexity index is 429. The fourth-order valence-electron chi connectivity index (χ4n) is 3.04. The van der Waals surface area contributed by atoms with Crippen LogP contribution in [0, 0.1) is 17.8 Å². The zero-order chi connectivity index (χ0) is 12.2. The van der Waals surface area contributed by atoms with Gasteiger partial charge in [0.2, 0.25) is 0 Å². The van der Waals surface area contributed by atoms with Crippen LogP contribution in [0.3, 0.4) is 0 Å². The number of benzene rings is 1. The van der Waals surface area contributed by atoms with Crippen LogP contribution >= 0.6 is 0 Å². The second-order valence-electron chi connectivity index (χ2n) is 5.32. The lowest BCUT2D eigenvalue weighted by molar-refractivity contribution is 0.336. The third kappa shape index (κ3) is 2.75. The Hall–Kier alpha value is -1.30. The SMILES string of the molecule is C(#Cc1ccccc1)CN1CC2CCCNC2C1. The molecule has 0 radical (unpaired) electrons. The van der Waals surface area contributed by atoms with Gasteiger partial charge in [-0.3, -0.25) is 4.90 Å². The average Bonchev–Trinajstić information content (AvgIpc) is 2.82. The molecule has 0 aromatic heterocycles. The summed E-state index contributed by atoms with van der Waals surface area (Å²) in [5, 5.41) is 3.63. The molecule has 3 rings (SSSR count). The molecule has 2 heterocycles. The lowest BCUT2D eigenvalue weighted by Gasteiger charge is -2.24. The Kier molecular flexibility index (Phi) is 3.64. The van der Waals surface area contributed by atoms with E-state index in [1.807, 2.05) is 18.2 Å². The number of hydrogen-bond acceptors (Lipinski definition) is 2. The van der Waals surface area contributed by atoms with Gasteiger partial charge < -0.3 is 5.32 Å². The summed E-state index contributed by atoms with van der Waals surface area (Å²) in [5.74, 6) is 7.40. The van der Waals surface area contributed by atoms with E-state index in [1.165, 1.54) is 32.5 Å². The van der Waals surface area contributed by atoms with Gasteiger partial charge in [0, 0.05) is 24.7 Å². The average molecular weight is 240 g/mol. The molecule has 1 aromatic rings. The summed E-state index contributed by atoms with van der Waals surface area (Å²) in [6, 6.07) is 11.0. The molecule has 0 amide bonds. The Morgan fingerprint density at radius 3 is 2.94 bits per heavy atom. The number of rotatable bonds is 1. The Labute approximate surface area is 109 Å². The van der Waals surface area contributed by atoms with Crippen molar-refractivity contribution in [3.8, 4) is 11.8 Å². The van der Waals surface area contributed by atoms with E-state index >= 15 is 0 Å². The summed E-state index contributed by atoms with van der Waals surface area (Å²) in [5.41, 5.74) is 1.12. The Morgan fingerprint density at radius 1 is 1.22 bits per heavy atom. The van der Waals surface area contributed by atoms with Gasteiger partial charge in [0.05, 0.1) is 6.54 Å². The molecule has 2 atom stereocenters. The maximum atomic E-state index is 3.63. The van der Waals surface area contributed by atoms with Crippen LogP contribution in [0.1, 0.15) is 18.4 Å². The lowest BCUT2D eigenvalue weighted by Crippen LogP contribution is -2.40. The Morgan fingerprint density at radius 2 is 2.11 bits per heavy atom. The minimum atomic E-state index is 0.720. The fourth-order valence-corrected chi connectivity index (χ4v) is 3.04. The molecular formula is C16H20N2. The molecule has 2 unspecified atom stereocenters. The molecule has 2 nitrogen and oxygen atoms in total. The molecule has 0 saturated carbocycles. The van der Waals surface area contributed by atoms with Crippen LogP contribution < -0.4 is 5.32 Å². The van der Waals surface area contributed by atoms with E-state index in [4.69, 9.17) is 0 Å². The quantitative estimate of drug-likeness (QED) is 0.752. The van der Waals surface area contributed by atoms with Crippen LogP contribution in [0.4, 0.5) is 0 Å². The van der Waals surface area contributed by atoms with Gasteiger partial charge in [0.15, 0.2) is 0 Å². The second-order valence-corrected chi connectivity index (χ2v) is 5.32. The molecule has 0 bridgehead atoms. The molecular weight excluding hydrogens is 220 g/mol. The maximum absolute atomic E-state index is 3.63. The molecule has 2 saturated heterocycles. The summed E-state index contributed by atoms with van der Waals surface area (Å²) in [6.07, 6.45) is 2.73. The first kappa shape index (κ1) is 11.8. The van der Waals surface area contributed by atoms with Crippen LogP contribution in [0.5, 0.6) is 0 Å². The van der Waals surface area contributed by atoms with Crippen molar-refractivity contribution in [1.29, 1.82) is 0 Å². The fraction of sp³-hybridized carbons (Fsp3) is 0.500. The highest BCUT2D eigenvalue weighted by Crippen LogP contribution is 2.24. The van der Waals surface area contributed by atoms with Gasteiger partial charge in [-0.1, -0.05) is 30.0 Å². The van der Waals surface area contributed by atoms with Crippen molar-refractivity contribution >= 4 is 0 Å². The van der Waals surface area contributed by atoms with Gasteiger partial charge in [-0.25, -0.2) is 0 Å². The minimum Gasteiger partial charge on any atom is -0.312 e. The molecule has 2 aliphatic rings. The zero-order valence-electron chi connectivity index (χ0n) is 10.7. The minimum absolute atomic E-state index is 0.720. The topological polar surface area (TPSA) is 15.3 Å². The lowest BCUT2D eigenvalue weighted by atomic mass is 9.94. The van der Waals surface area contributed by atoms with Gasteiger partial charge in [0.1, 0.15) is 0 Å². The summed E-state index contributed by atoms with van der Waals surface area (Å²) in [4.78, 5) is 2.49. The molecule has 0 spiro atoms. The van der Waals surface area contributed by atoms with Crippen LogP contribution in [-0.2, 0) is 0 Å². The highest BCUT2D eigenvalue weighted by molar-refractivity contribution is 5.33. The summed E-state index contributed by atoms with van der Waals surface area (Å²) < 4.78 is 0. The van der Waals surface area contributed by atoms with Crippen LogP contribution in [0.25, 0.3) is 0 Å². The standard InChI is InChI=1S/C16H20N2/c1-2-6-14(7-3-1)8-5-11-18-12-15-9-4-10-17-16(15)13-18/h1-3,6-7,15-17H,4,9-13H2. The first-order valence-corrected chi connectivity index (χ1v) is 6.91. The molecule has 2 fully saturated rings. The second kappa shape index (κ2) is 5.56. The van der Waals surface area contributed by atoms with E-state index in [0.29, 0.717) is 0 Å². The largest absolute Gasteiger partial charge is 0.312 e. The summed E-state index contributed by atoms with van der Waals surface area (Å²) >= 11 is 0. The van der Waals surface area contributed by atoms with E-state index in [-0.39, 0.29) is 0 Å². The number of nitrogens with zero attached hydrogens (tertiary/aromatic N) is 1. The number of likely N-dealkylation sites (tertiary alicyclic amines) is 1. The van der Waals surface area contributed by atoms with Crippen LogP contribution in [-0.4, -0.2) is 37.1 Å². The van der Waals surface area contributed by atoms with E-state index < -0.39 is 0 Å². The Balaban J connectivity index is 1.54. The van der Waals surface area contributed by atoms with Crippen LogP contribution in [0.2, 0.25) is 0 Å². The van der Waals surface area contributed by atoms with Crippen molar-refractivity contribution in [2.24, 2.45) is 5.92 Å². The predicted octanol–water partition coefficient (Wildman–Crippen LogP) is 1.72. The molecule has 0 aliphatic carbocycles. The van der Waals surface area contributed by atoms with Crippen molar-refractivity contribution in [2.75, 3.05) is 26.2 Å². The van der Waals surface area contributed by atoms with Crippen molar-refractivity contribution < 1.29 is 0 Å².